The molecule has 5 N–H and O–H groups in total. The standard InChI is InChI=1S/C38H52N6O6.CH4O/c1-37(2,3)31(41-35(47)49-7)33(45)40-29(24-26-14-10-9-11-15-26)21-23-44(43-34(46)32(38(4,5)6)42-36(48)50-8)25-27-17-19-28(20-18-27)30-16-12-13-22-39-30;1-2/h9-20,22,29,31-32H,21,23-25H2,1-8H3,(H,40,45)(H,41,47)(H,42,48)(H,43,46);2H,1H3/t29-,31?,32+;/m1./s1. The Hall–Kier alpha value is -5.01. The molecule has 2 aromatic carbocycles. The van der Waals surface area contributed by atoms with Crippen molar-refractivity contribution in [2.75, 3.05) is 27.9 Å². The summed E-state index contributed by atoms with van der Waals surface area (Å²) in [5.74, 6) is -0.758. The number of nitrogens with one attached hydrogen (secondary N) is 4. The zero-order valence-electron chi connectivity index (χ0n) is 31.9. The summed E-state index contributed by atoms with van der Waals surface area (Å²) in [6, 6.07) is 21.3. The fraction of sp³-hybridized carbons (Fsp3) is 0.462. The Morgan fingerprint density at radius 3 is 1.75 bits per heavy atom. The van der Waals surface area contributed by atoms with Crippen LogP contribution in [0.3, 0.4) is 0 Å². The largest absolute Gasteiger partial charge is 0.453 e. The van der Waals surface area contributed by atoms with Crippen LogP contribution >= 0.6 is 0 Å². The molecule has 52 heavy (non-hydrogen) atoms. The number of carbonyl (C=O) groups excluding carboxylic acids is 4. The van der Waals surface area contributed by atoms with E-state index in [9.17, 15) is 19.2 Å². The lowest BCUT2D eigenvalue weighted by molar-refractivity contribution is -0.131. The minimum atomic E-state index is -0.902. The lowest BCUT2D eigenvalue weighted by atomic mass is 9.86. The van der Waals surface area contributed by atoms with E-state index in [2.05, 4.69) is 26.4 Å². The second-order valence-electron chi connectivity index (χ2n) is 14.4. The van der Waals surface area contributed by atoms with Crippen LogP contribution in [0.5, 0.6) is 0 Å². The van der Waals surface area contributed by atoms with Crippen LogP contribution in [0.25, 0.3) is 11.3 Å². The van der Waals surface area contributed by atoms with E-state index in [4.69, 9.17) is 14.6 Å². The predicted octanol–water partition coefficient (Wildman–Crippen LogP) is 4.85. The number of ether oxygens (including phenoxy) is 2. The lowest BCUT2D eigenvalue weighted by Gasteiger charge is -2.34. The first-order valence-corrected chi connectivity index (χ1v) is 17.1. The number of aromatic nitrogens is 1. The number of aliphatic hydroxyl groups is 1. The SMILES string of the molecule is CO.COC(=O)NC(C(=O)N[C@H](CCN(Cc1ccc(-c2ccccn2)cc1)NC(=O)[C@H](NC(=O)OC)C(C)(C)C)Cc1ccccc1)C(C)(C)C. The monoisotopic (exact) mass is 720 g/mol. The molecule has 0 bridgehead atoms. The van der Waals surface area contributed by atoms with Gasteiger partial charge in [-0.3, -0.25) is 20.0 Å². The van der Waals surface area contributed by atoms with Gasteiger partial charge in [-0.15, -0.1) is 0 Å². The Kier molecular flexibility index (Phi) is 17.2. The maximum absolute atomic E-state index is 13.8. The highest BCUT2D eigenvalue weighted by Crippen LogP contribution is 2.22. The zero-order valence-corrected chi connectivity index (χ0v) is 31.9. The van der Waals surface area contributed by atoms with E-state index in [-0.39, 0.29) is 11.9 Å². The highest BCUT2D eigenvalue weighted by atomic mass is 16.5. The highest BCUT2D eigenvalue weighted by molar-refractivity contribution is 5.87. The first-order valence-electron chi connectivity index (χ1n) is 17.1. The summed E-state index contributed by atoms with van der Waals surface area (Å²) in [5, 5.41) is 17.3. The number of hydrazine groups is 1. The molecule has 284 valence electrons. The summed E-state index contributed by atoms with van der Waals surface area (Å²) in [6.45, 7) is 11.8. The van der Waals surface area contributed by atoms with Crippen LogP contribution in [0, 0.1) is 10.8 Å². The topological polar surface area (TPSA) is 171 Å². The molecule has 0 aliphatic carbocycles. The Balaban J connectivity index is 0.00000460. The molecule has 0 radical (unpaired) electrons. The summed E-state index contributed by atoms with van der Waals surface area (Å²) in [5.41, 5.74) is 5.54. The minimum Gasteiger partial charge on any atom is -0.453 e. The second kappa shape index (κ2) is 20.7. The molecule has 13 heteroatoms. The van der Waals surface area contributed by atoms with Crippen LogP contribution in [0.15, 0.2) is 79.0 Å². The second-order valence-corrected chi connectivity index (χ2v) is 14.4. The number of methoxy groups -OCH3 is 2. The Morgan fingerprint density at radius 1 is 0.712 bits per heavy atom. The number of nitrogens with zero attached hydrogens (tertiary/aromatic N) is 2. The van der Waals surface area contributed by atoms with Gasteiger partial charge in [0.05, 0.1) is 19.9 Å². The smallest absolute Gasteiger partial charge is 0.407 e. The number of alkyl carbamates (subject to hydrolysis) is 2. The van der Waals surface area contributed by atoms with Gasteiger partial charge in [-0.1, -0.05) is 102 Å². The van der Waals surface area contributed by atoms with Crippen molar-refractivity contribution in [1.82, 2.24) is 31.4 Å². The predicted molar refractivity (Wildman–Crippen MR) is 201 cm³/mol. The van der Waals surface area contributed by atoms with Gasteiger partial charge >= 0.3 is 12.2 Å². The lowest BCUT2D eigenvalue weighted by Crippen LogP contribution is -2.58. The quantitative estimate of drug-likeness (QED) is 0.146. The normalized spacial score (nSPS) is 13.0. The molecular weight excluding hydrogens is 664 g/mol. The van der Waals surface area contributed by atoms with Crippen molar-refractivity contribution in [3.63, 3.8) is 0 Å². The number of carbonyl (C=O) groups is 4. The average molecular weight is 721 g/mol. The van der Waals surface area contributed by atoms with Crippen molar-refractivity contribution in [1.29, 1.82) is 0 Å². The highest BCUT2D eigenvalue weighted by Gasteiger charge is 2.36. The van der Waals surface area contributed by atoms with Gasteiger partial charge in [0.25, 0.3) is 5.91 Å². The van der Waals surface area contributed by atoms with Crippen LogP contribution in [-0.4, -0.2) is 85.1 Å². The fourth-order valence-corrected chi connectivity index (χ4v) is 5.35. The number of hydrogen-bond acceptors (Lipinski definition) is 9. The molecule has 0 aliphatic rings. The molecular formula is C39H56N6O7. The van der Waals surface area contributed by atoms with Gasteiger partial charge in [0.15, 0.2) is 0 Å². The fourth-order valence-electron chi connectivity index (χ4n) is 5.35. The van der Waals surface area contributed by atoms with E-state index in [0.717, 1.165) is 29.5 Å². The van der Waals surface area contributed by atoms with Gasteiger partial charge in [-0.05, 0) is 46.9 Å². The summed E-state index contributed by atoms with van der Waals surface area (Å²) in [7, 11) is 3.51. The Bertz CT molecular complexity index is 1540. The molecule has 13 nitrogen and oxygen atoms in total. The van der Waals surface area contributed by atoms with Crippen molar-refractivity contribution in [2.45, 2.75) is 79.1 Å². The average Bonchev–Trinajstić information content (AvgIpc) is 3.12. The molecule has 3 aromatic rings. The van der Waals surface area contributed by atoms with Gasteiger partial charge in [0, 0.05) is 38.0 Å². The van der Waals surface area contributed by atoms with E-state index in [1.807, 2.05) is 114 Å². The summed E-state index contributed by atoms with van der Waals surface area (Å²) < 4.78 is 9.59. The first kappa shape index (κ1) is 43.2. The van der Waals surface area contributed by atoms with Crippen LogP contribution in [0.2, 0.25) is 0 Å². The number of amides is 4. The molecule has 0 spiro atoms. The molecule has 3 atom stereocenters. The summed E-state index contributed by atoms with van der Waals surface area (Å²) >= 11 is 0. The molecule has 0 saturated heterocycles. The van der Waals surface area contributed by atoms with Crippen molar-refractivity contribution in [3.05, 3.63) is 90.1 Å². The maximum atomic E-state index is 13.8. The number of benzene rings is 2. The van der Waals surface area contributed by atoms with Crippen molar-refractivity contribution < 1.29 is 33.8 Å². The van der Waals surface area contributed by atoms with E-state index >= 15 is 0 Å². The molecule has 1 unspecified atom stereocenters. The van der Waals surface area contributed by atoms with Crippen LogP contribution in [-0.2, 0) is 32.0 Å². The number of rotatable bonds is 14. The van der Waals surface area contributed by atoms with Gasteiger partial charge in [0.2, 0.25) is 5.91 Å². The van der Waals surface area contributed by atoms with Crippen molar-refractivity contribution in [3.8, 4) is 11.3 Å². The number of aliphatic hydroxyl groups excluding tert-OH is 1. The third kappa shape index (κ3) is 14.3. The van der Waals surface area contributed by atoms with Gasteiger partial charge < -0.3 is 30.5 Å². The van der Waals surface area contributed by atoms with E-state index < -0.39 is 41.0 Å². The molecule has 1 aromatic heterocycles. The summed E-state index contributed by atoms with van der Waals surface area (Å²) in [4.78, 5) is 56.3. The molecule has 4 amide bonds. The van der Waals surface area contributed by atoms with Gasteiger partial charge in [-0.25, -0.2) is 14.6 Å². The Morgan fingerprint density at radius 2 is 1.25 bits per heavy atom. The van der Waals surface area contributed by atoms with E-state index in [1.165, 1.54) is 14.2 Å². The molecule has 1 heterocycles. The summed E-state index contributed by atoms with van der Waals surface area (Å²) in [6.07, 6.45) is 1.28. The molecule has 0 saturated carbocycles. The van der Waals surface area contributed by atoms with Crippen molar-refractivity contribution >= 4 is 24.0 Å². The molecule has 0 fully saturated rings. The number of pyridine rings is 1. The maximum Gasteiger partial charge on any atom is 0.407 e. The molecule has 3 rings (SSSR count). The number of hydrogen-bond donors (Lipinski definition) is 5. The van der Waals surface area contributed by atoms with Crippen LogP contribution in [0.1, 0.15) is 59.1 Å². The third-order valence-electron chi connectivity index (χ3n) is 8.13. The zero-order chi connectivity index (χ0) is 38.9. The third-order valence-corrected chi connectivity index (χ3v) is 8.13. The van der Waals surface area contributed by atoms with Gasteiger partial charge in [0.1, 0.15) is 12.1 Å². The van der Waals surface area contributed by atoms with Crippen LogP contribution < -0.4 is 21.4 Å². The van der Waals surface area contributed by atoms with Crippen LogP contribution in [0.4, 0.5) is 9.59 Å². The Labute approximate surface area is 307 Å². The van der Waals surface area contributed by atoms with Crippen molar-refractivity contribution in [2.24, 2.45) is 10.8 Å². The molecule has 0 aliphatic heterocycles. The minimum absolute atomic E-state index is 0.337. The first-order chi connectivity index (χ1) is 24.6. The van der Waals surface area contributed by atoms with E-state index in [0.29, 0.717) is 25.9 Å². The van der Waals surface area contributed by atoms with Gasteiger partial charge in [-0.2, -0.15) is 0 Å². The van der Waals surface area contributed by atoms with E-state index in [1.54, 1.807) is 11.2 Å².